The van der Waals surface area contributed by atoms with Crippen molar-refractivity contribution < 1.29 is 19.2 Å². The topological polar surface area (TPSA) is 112 Å². The molecular formula is C19H19N3O6. The number of rotatable bonds is 6. The quantitative estimate of drug-likeness (QED) is 0.428. The van der Waals surface area contributed by atoms with Crippen LogP contribution in [0.3, 0.4) is 0 Å². The van der Waals surface area contributed by atoms with Crippen LogP contribution in [0.2, 0.25) is 0 Å². The number of amides is 1. The molecule has 0 radical (unpaired) electrons. The van der Waals surface area contributed by atoms with Crippen LogP contribution in [0.1, 0.15) is 29.3 Å². The lowest BCUT2D eigenvalue weighted by atomic mass is 10.1. The number of carbonyl (C=O) groups is 2. The molecule has 3 rings (SSSR count). The molecule has 0 N–H and O–H groups in total. The van der Waals surface area contributed by atoms with Gasteiger partial charge in [0.25, 0.3) is 17.2 Å². The van der Waals surface area contributed by atoms with E-state index in [2.05, 4.69) is 0 Å². The van der Waals surface area contributed by atoms with Gasteiger partial charge < -0.3 is 14.2 Å². The van der Waals surface area contributed by atoms with Crippen LogP contribution in [-0.4, -0.2) is 34.3 Å². The fourth-order valence-corrected chi connectivity index (χ4v) is 3.07. The lowest BCUT2D eigenvalue weighted by Gasteiger charge is -2.29. The summed E-state index contributed by atoms with van der Waals surface area (Å²) >= 11 is 0. The number of nitro groups is 1. The van der Waals surface area contributed by atoms with Crippen molar-refractivity contribution in [1.29, 1.82) is 0 Å². The van der Waals surface area contributed by atoms with Crippen LogP contribution in [-0.2, 0) is 11.3 Å². The van der Waals surface area contributed by atoms with Crippen molar-refractivity contribution in [2.75, 3.05) is 18.1 Å². The number of anilines is 1. The number of nitrogens with zero attached hydrogens (tertiary/aromatic N) is 3. The van der Waals surface area contributed by atoms with Gasteiger partial charge in [0.15, 0.2) is 12.4 Å². The number of ether oxygens (including phenoxy) is 1. The molecule has 1 aromatic carbocycles. The Hall–Kier alpha value is -3.49. The summed E-state index contributed by atoms with van der Waals surface area (Å²) < 4.78 is 6.44. The van der Waals surface area contributed by atoms with E-state index in [0.29, 0.717) is 18.0 Å². The van der Waals surface area contributed by atoms with Gasteiger partial charge in [-0.1, -0.05) is 6.92 Å². The maximum absolute atomic E-state index is 12.7. The minimum absolute atomic E-state index is 0.0529. The van der Waals surface area contributed by atoms with Crippen LogP contribution in [0.5, 0.6) is 5.75 Å². The van der Waals surface area contributed by atoms with E-state index < -0.39 is 16.3 Å². The van der Waals surface area contributed by atoms with Crippen molar-refractivity contribution in [2.45, 2.75) is 26.8 Å². The zero-order chi connectivity index (χ0) is 20.4. The van der Waals surface area contributed by atoms with Crippen molar-refractivity contribution in [3.8, 4) is 5.75 Å². The summed E-state index contributed by atoms with van der Waals surface area (Å²) in [7, 11) is 0. The van der Waals surface area contributed by atoms with E-state index in [-0.39, 0.29) is 35.9 Å². The minimum Gasteiger partial charge on any atom is -0.482 e. The Bertz CT molecular complexity index is 1030. The predicted molar refractivity (Wildman–Crippen MR) is 101 cm³/mol. The molecule has 2 heterocycles. The van der Waals surface area contributed by atoms with Gasteiger partial charge in [-0.05, 0) is 31.5 Å². The SMILES string of the molecule is CCCN1C(=O)COc2ccc(C(=O)Cn3cc([N+](=O)[O-])cc(C)c3=O)cc21. The molecule has 1 aliphatic heterocycles. The second-order valence-corrected chi connectivity index (χ2v) is 6.51. The summed E-state index contributed by atoms with van der Waals surface area (Å²) in [5.74, 6) is -0.0864. The van der Waals surface area contributed by atoms with Crippen LogP contribution in [0, 0.1) is 17.0 Å². The number of Topliss-reactive ketones (excluding diaryl/α,β-unsaturated/α-hetero) is 1. The molecule has 2 aromatic rings. The Labute approximate surface area is 160 Å². The van der Waals surface area contributed by atoms with Crippen LogP contribution in [0.4, 0.5) is 11.4 Å². The Morgan fingerprint density at radius 3 is 2.71 bits per heavy atom. The van der Waals surface area contributed by atoms with Crippen molar-refractivity contribution in [2.24, 2.45) is 0 Å². The van der Waals surface area contributed by atoms with Gasteiger partial charge in [-0.2, -0.15) is 0 Å². The second kappa shape index (κ2) is 7.63. The first kappa shape index (κ1) is 19.3. The normalized spacial score (nSPS) is 13.1. The van der Waals surface area contributed by atoms with Crippen molar-refractivity contribution in [3.63, 3.8) is 0 Å². The first-order valence-electron chi connectivity index (χ1n) is 8.77. The van der Waals surface area contributed by atoms with E-state index >= 15 is 0 Å². The van der Waals surface area contributed by atoms with Gasteiger partial charge in [-0.25, -0.2) is 0 Å². The maximum Gasteiger partial charge on any atom is 0.286 e. The van der Waals surface area contributed by atoms with Crippen molar-refractivity contribution in [3.05, 3.63) is 62.1 Å². The Kier molecular flexibility index (Phi) is 5.25. The number of ketones is 1. The number of aromatic nitrogens is 1. The number of carbonyl (C=O) groups excluding carboxylic acids is 2. The summed E-state index contributed by atoms with van der Waals surface area (Å²) in [5.41, 5.74) is 0.243. The zero-order valence-corrected chi connectivity index (χ0v) is 15.5. The summed E-state index contributed by atoms with van der Waals surface area (Å²) in [6.07, 6.45) is 1.80. The summed E-state index contributed by atoms with van der Waals surface area (Å²) in [6.45, 7) is 3.50. The molecule has 146 valence electrons. The van der Waals surface area contributed by atoms with Gasteiger partial charge in [0.05, 0.1) is 23.4 Å². The molecule has 0 saturated carbocycles. The van der Waals surface area contributed by atoms with E-state index in [1.54, 1.807) is 23.1 Å². The van der Waals surface area contributed by atoms with E-state index in [1.165, 1.54) is 13.0 Å². The average Bonchev–Trinajstić information content (AvgIpc) is 2.67. The van der Waals surface area contributed by atoms with Gasteiger partial charge in [-0.15, -0.1) is 0 Å². The zero-order valence-electron chi connectivity index (χ0n) is 15.5. The standard InChI is InChI=1S/C19H19N3O6/c1-3-6-21-15-8-13(4-5-17(15)28-11-18(21)24)16(23)10-20-9-14(22(26)27)7-12(2)19(20)25/h4-5,7-9H,3,6,10-11H2,1-2H3. The summed E-state index contributed by atoms with van der Waals surface area (Å²) in [4.78, 5) is 49.0. The molecule has 0 fully saturated rings. The molecule has 28 heavy (non-hydrogen) atoms. The van der Waals surface area contributed by atoms with E-state index in [4.69, 9.17) is 4.74 Å². The molecule has 0 spiro atoms. The highest BCUT2D eigenvalue weighted by molar-refractivity contribution is 6.01. The molecule has 0 unspecified atom stereocenters. The van der Waals surface area contributed by atoms with Crippen molar-refractivity contribution >= 4 is 23.1 Å². The monoisotopic (exact) mass is 385 g/mol. The molecular weight excluding hydrogens is 366 g/mol. The highest BCUT2D eigenvalue weighted by Crippen LogP contribution is 2.33. The first-order valence-corrected chi connectivity index (χ1v) is 8.77. The molecule has 1 aromatic heterocycles. The Balaban J connectivity index is 1.94. The van der Waals surface area contributed by atoms with E-state index in [1.807, 2.05) is 6.92 Å². The highest BCUT2D eigenvalue weighted by atomic mass is 16.6. The average molecular weight is 385 g/mol. The minimum atomic E-state index is -0.613. The third-order valence-corrected chi connectivity index (χ3v) is 4.45. The molecule has 0 bridgehead atoms. The smallest absolute Gasteiger partial charge is 0.286 e. The lowest BCUT2D eigenvalue weighted by Crippen LogP contribution is -2.39. The molecule has 0 saturated heterocycles. The van der Waals surface area contributed by atoms with Gasteiger partial charge in [0.2, 0.25) is 0 Å². The van der Waals surface area contributed by atoms with Gasteiger partial charge in [-0.3, -0.25) is 24.5 Å². The predicted octanol–water partition coefficient (Wildman–Crippen LogP) is 2.08. The number of hydrogen-bond acceptors (Lipinski definition) is 6. The summed E-state index contributed by atoms with van der Waals surface area (Å²) in [5, 5.41) is 11.0. The van der Waals surface area contributed by atoms with E-state index in [9.17, 15) is 24.5 Å². The Morgan fingerprint density at radius 2 is 2.04 bits per heavy atom. The number of aryl methyl sites for hydroxylation is 1. The Morgan fingerprint density at radius 1 is 1.29 bits per heavy atom. The first-order chi connectivity index (χ1) is 13.3. The van der Waals surface area contributed by atoms with Crippen LogP contribution < -0.4 is 15.2 Å². The van der Waals surface area contributed by atoms with Crippen molar-refractivity contribution in [1.82, 2.24) is 4.57 Å². The largest absolute Gasteiger partial charge is 0.482 e. The third kappa shape index (κ3) is 3.64. The van der Waals surface area contributed by atoms with Crippen LogP contribution >= 0.6 is 0 Å². The fraction of sp³-hybridized carbons (Fsp3) is 0.316. The molecule has 0 atom stereocenters. The van der Waals surface area contributed by atoms with Crippen LogP contribution in [0.15, 0.2) is 35.3 Å². The van der Waals surface area contributed by atoms with E-state index in [0.717, 1.165) is 17.2 Å². The molecule has 1 aliphatic rings. The van der Waals surface area contributed by atoms with Gasteiger partial charge >= 0.3 is 0 Å². The molecule has 9 heteroatoms. The third-order valence-electron chi connectivity index (χ3n) is 4.45. The molecule has 0 aliphatic carbocycles. The number of hydrogen-bond donors (Lipinski definition) is 0. The maximum atomic E-state index is 12.7. The number of fused-ring (bicyclic) bond motifs is 1. The molecule has 1 amide bonds. The highest BCUT2D eigenvalue weighted by Gasteiger charge is 2.26. The number of pyridine rings is 1. The fourth-order valence-electron chi connectivity index (χ4n) is 3.07. The summed E-state index contributed by atoms with van der Waals surface area (Å²) in [6, 6.07) is 5.89. The molecule has 9 nitrogen and oxygen atoms in total. The number of benzene rings is 1. The van der Waals surface area contributed by atoms with Crippen LogP contribution in [0.25, 0.3) is 0 Å². The van der Waals surface area contributed by atoms with Gasteiger partial charge in [0.1, 0.15) is 5.75 Å². The second-order valence-electron chi connectivity index (χ2n) is 6.51. The lowest BCUT2D eigenvalue weighted by molar-refractivity contribution is -0.385. The van der Waals surface area contributed by atoms with Gasteiger partial charge in [0, 0.05) is 23.7 Å².